The zero-order valence-corrected chi connectivity index (χ0v) is 31.3. The summed E-state index contributed by atoms with van der Waals surface area (Å²) in [5.41, 5.74) is 3.54. The normalized spacial score (nSPS) is 13.4. The third-order valence-electron chi connectivity index (χ3n) is 10.4. The molecule has 0 saturated carbocycles. The lowest BCUT2D eigenvalue weighted by Crippen LogP contribution is -2.51. The predicted molar refractivity (Wildman–Crippen MR) is 214 cm³/mol. The molecule has 0 radical (unpaired) electrons. The smallest absolute Gasteiger partial charge is 0.118 e. The zero-order chi connectivity index (χ0) is 37.4. The van der Waals surface area contributed by atoms with Crippen molar-refractivity contribution in [2.45, 2.75) is 34.7 Å². The highest BCUT2D eigenvalue weighted by molar-refractivity contribution is 7.81. The maximum atomic E-state index is 12.7. The van der Waals surface area contributed by atoms with Crippen LogP contribution in [0.1, 0.15) is 39.8 Å². The van der Waals surface area contributed by atoms with Crippen molar-refractivity contribution in [2.75, 3.05) is 28.4 Å². The second-order valence-corrected chi connectivity index (χ2v) is 13.6. The molecule has 7 heteroatoms. The Morgan fingerprint density at radius 1 is 0.434 bits per heavy atom. The maximum Gasteiger partial charge on any atom is 0.118 e. The summed E-state index contributed by atoms with van der Waals surface area (Å²) in [6.45, 7) is 0. The molecule has 0 heterocycles. The molecule has 6 aromatic carbocycles. The molecule has 0 fully saturated rings. The monoisotopic (exact) mass is 726 g/mol. The van der Waals surface area contributed by atoms with Gasteiger partial charge < -0.3 is 29.2 Å². The fraction of sp³-hybridized carbons (Fsp3) is 0.217. The summed E-state index contributed by atoms with van der Waals surface area (Å²) in [5, 5.41) is 24.4. The van der Waals surface area contributed by atoms with Crippen molar-refractivity contribution in [3.8, 4) is 23.0 Å². The number of hydrogen-bond donors (Lipinski definition) is 3. The number of methoxy groups -OCH3 is 4. The van der Waals surface area contributed by atoms with Gasteiger partial charge in [0.15, 0.2) is 0 Å². The van der Waals surface area contributed by atoms with Gasteiger partial charge in [-0.05, 0) is 88.3 Å². The molecular formula is C46H46O6S. The van der Waals surface area contributed by atoms with Gasteiger partial charge in [0, 0.05) is 10.7 Å². The van der Waals surface area contributed by atoms with Crippen LogP contribution in [0.5, 0.6) is 23.0 Å². The third kappa shape index (κ3) is 7.25. The maximum absolute atomic E-state index is 12.7. The van der Waals surface area contributed by atoms with Crippen LogP contribution in [-0.4, -0.2) is 56.1 Å². The summed E-state index contributed by atoms with van der Waals surface area (Å²) < 4.78 is 22.1. The Bertz CT molecular complexity index is 1920. The van der Waals surface area contributed by atoms with Gasteiger partial charge >= 0.3 is 0 Å². The summed E-state index contributed by atoms with van der Waals surface area (Å²) in [7, 11) is 6.55. The van der Waals surface area contributed by atoms with Crippen LogP contribution in [0.4, 0.5) is 0 Å². The standard InChI is InChI=1S/C46H46O6S/c1-49-38-23-15-33(16-24-38)45(32-11-7-5-8-12-32,34-17-25-39(50-2)26-18-34)31-42(47)43(48)44(53)46(35-13-9-6-10-14-35,36-19-27-40(51-3)28-20-36)37-21-29-41(52-4)30-22-37/h5-30,42-44,47-48,53H,31H2,1-4H3. The van der Waals surface area contributed by atoms with Crippen LogP contribution in [0.3, 0.4) is 0 Å². The minimum atomic E-state index is -1.33. The first-order valence-corrected chi connectivity index (χ1v) is 18.1. The van der Waals surface area contributed by atoms with Gasteiger partial charge in [-0.15, -0.1) is 0 Å². The average molecular weight is 727 g/mol. The molecule has 6 aromatic rings. The van der Waals surface area contributed by atoms with Gasteiger partial charge in [0.05, 0.1) is 46.1 Å². The van der Waals surface area contributed by atoms with Gasteiger partial charge in [0.2, 0.25) is 0 Å². The Kier molecular flexibility index (Phi) is 11.8. The van der Waals surface area contributed by atoms with E-state index in [-0.39, 0.29) is 6.42 Å². The number of benzene rings is 6. The molecule has 3 unspecified atom stereocenters. The van der Waals surface area contributed by atoms with Crippen molar-refractivity contribution < 1.29 is 29.2 Å². The molecule has 0 aliphatic rings. The van der Waals surface area contributed by atoms with Crippen LogP contribution in [-0.2, 0) is 10.8 Å². The first-order valence-electron chi connectivity index (χ1n) is 17.5. The fourth-order valence-electron chi connectivity index (χ4n) is 7.65. The summed E-state index contributed by atoms with van der Waals surface area (Å²) in [6, 6.07) is 51.5. The second kappa shape index (κ2) is 16.6. The quantitative estimate of drug-likeness (QED) is 0.0728. The summed E-state index contributed by atoms with van der Waals surface area (Å²) in [5.74, 6) is 2.84. The van der Waals surface area contributed by atoms with Crippen molar-refractivity contribution in [3.05, 3.63) is 191 Å². The lowest BCUT2D eigenvalue weighted by atomic mass is 9.63. The van der Waals surface area contributed by atoms with Crippen molar-refractivity contribution >= 4 is 12.6 Å². The Labute approximate surface area is 318 Å². The van der Waals surface area contributed by atoms with Crippen LogP contribution in [0.15, 0.2) is 158 Å². The number of aliphatic hydroxyl groups is 2. The first kappa shape index (κ1) is 37.5. The third-order valence-corrected chi connectivity index (χ3v) is 11.1. The van der Waals surface area contributed by atoms with Gasteiger partial charge in [-0.3, -0.25) is 0 Å². The molecule has 6 rings (SSSR count). The average Bonchev–Trinajstić information content (AvgIpc) is 3.24. The molecule has 0 aliphatic carbocycles. The van der Waals surface area contributed by atoms with E-state index in [0.717, 1.165) is 33.4 Å². The predicted octanol–water partition coefficient (Wildman–Crippen LogP) is 8.50. The van der Waals surface area contributed by atoms with Gasteiger partial charge in [0.1, 0.15) is 23.0 Å². The molecule has 272 valence electrons. The number of rotatable bonds is 15. The second-order valence-electron chi connectivity index (χ2n) is 13.1. The van der Waals surface area contributed by atoms with E-state index in [2.05, 4.69) is 12.1 Å². The number of ether oxygens (including phenoxy) is 4. The van der Waals surface area contributed by atoms with Crippen molar-refractivity contribution in [3.63, 3.8) is 0 Å². The minimum Gasteiger partial charge on any atom is -0.497 e. The topological polar surface area (TPSA) is 77.4 Å². The highest BCUT2D eigenvalue weighted by atomic mass is 32.1. The van der Waals surface area contributed by atoms with E-state index in [1.54, 1.807) is 28.4 Å². The van der Waals surface area contributed by atoms with Gasteiger partial charge in [-0.1, -0.05) is 109 Å². The van der Waals surface area contributed by atoms with Gasteiger partial charge in [-0.25, -0.2) is 0 Å². The summed E-state index contributed by atoms with van der Waals surface area (Å²) >= 11 is 5.34. The molecule has 0 spiro atoms. The van der Waals surface area contributed by atoms with E-state index in [0.29, 0.717) is 23.0 Å². The van der Waals surface area contributed by atoms with Crippen LogP contribution in [0, 0.1) is 0 Å². The molecule has 3 atom stereocenters. The molecule has 0 amide bonds. The molecule has 2 N–H and O–H groups in total. The van der Waals surface area contributed by atoms with E-state index < -0.39 is 28.3 Å². The van der Waals surface area contributed by atoms with Gasteiger partial charge in [-0.2, -0.15) is 12.6 Å². The SMILES string of the molecule is COc1ccc(C(CC(O)C(O)C(S)C(c2ccccc2)(c2ccc(OC)cc2)c2ccc(OC)cc2)(c2ccccc2)c2ccc(OC)cc2)cc1. The zero-order valence-electron chi connectivity index (χ0n) is 30.4. The number of aliphatic hydroxyl groups excluding tert-OH is 2. The number of thiol groups is 1. The molecule has 0 bridgehead atoms. The Balaban J connectivity index is 1.54. The summed E-state index contributed by atoms with van der Waals surface area (Å²) in [6.07, 6.45) is -2.46. The van der Waals surface area contributed by atoms with Crippen LogP contribution < -0.4 is 18.9 Å². The molecule has 0 aromatic heterocycles. The molecule has 6 nitrogen and oxygen atoms in total. The lowest BCUT2D eigenvalue weighted by Gasteiger charge is -2.45. The Hall–Kier alpha value is -5.21. The van der Waals surface area contributed by atoms with Crippen molar-refractivity contribution in [2.24, 2.45) is 0 Å². The van der Waals surface area contributed by atoms with E-state index in [9.17, 15) is 10.2 Å². The van der Waals surface area contributed by atoms with Crippen LogP contribution in [0.25, 0.3) is 0 Å². The Morgan fingerprint density at radius 3 is 1.06 bits per heavy atom. The van der Waals surface area contributed by atoms with Crippen LogP contribution in [0.2, 0.25) is 0 Å². The molecule has 0 saturated heterocycles. The highest BCUT2D eigenvalue weighted by Crippen LogP contribution is 2.49. The van der Waals surface area contributed by atoms with E-state index in [4.69, 9.17) is 31.6 Å². The fourth-order valence-corrected chi connectivity index (χ4v) is 8.30. The van der Waals surface area contributed by atoms with E-state index in [1.807, 2.05) is 146 Å². The molecule has 53 heavy (non-hydrogen) atoms. The van der Waals surface area contributed by atoms with Crippen molar-refractivity contribution in [1.82, 2.24) is 0 Å². The van der Waals surface area contributed by atoms with E-state index >= 15 is 0 Å². The number of hydrogen-bond acceptors (Lipinski definition) is 7. The lowest BCUT2D eigenvalue weighted by molar-refractivity contribution is -0.00000760. The molecular weight excluding hydrogens is 681 g/mol. The first-order chi connectivity index (χ1) is 25.8. The largest absolute Gasteiger partial charge is 0.497 e. The van der Waals surface area contributed by atoms with Crippen molar-refractivity contribution in [1.29, 1.82) is 0 Å². The molecule has 0 aliphatic heterocycles. The minimum absolute atomic E-state index is 0.129. The van der Waals surface area contributed by atoms with Gasteiger partial charge in [0.25, 0.3) is 0 Å². The summed E-state index contributed by atoms with van der Waals surface area (Å²) in [4.78, 5) is 0. The van der Waals surface area contributed by atoms with Crippen LogP contribution >= 0.6 is 12.6 Å². The Morgan fingerprint density at radius 2 is 0.717 bits per heavy atom. The highest BCUT2D eigenvalue weighted by Gasteiger charge is 2.49. The van der Waals surface area contributed by atoms with E-state index in [1.165, 1.54) is 0 Å².